The van der Waals surface area contributed by atoms with Gasteiger partial charge in [-0.05, 0) is 56.5 Å². The van der Waals surface area contributed by atoms with Crippen LogP contribution in [-0.4, -0.2) is 43.1 Å². The van der Waals surface area contributed by atoms with Crippen LogP contribution in [0.1, 0.15) is 53.3 Å². The number of methoxy groups -OCH3 is 1. The first-order chi connectivity index (χ1) is 14.1. The molecule has 0 saturated carbocycles. The zero-order valence-corrected chi connectivity index (χ0v) is 17.0. The van der Waals surface area contributed by atoms with Crippen molar-refractivity contribution in [3.8, 4) is 5.75 Å². The second-order valence-electron chi connectivity index (χ2n) is 7.50. The minimum atomic E-state index is -0.218. The highest BCUT2D eigenvalue weighted by Gasteiger charge is 2.37. The molecule has 2 aliphatic heterocycles. The Morgan fingerprint density at radius 3 is 2.79 bits per heavy atom. The number of hydrogen-bond acceptors (Lipinski definition) is 4. The molecule has 1 saturated heterocycles. The molecule has 1 atom stereocenters. The van der Waals surface area contributed by atoms with E-state index in [1.165, 1.54) is 0 Å². The lowest BCUT2D eigenvalue weighted by molar-refractivity contribution is 0.0656. The van der Waals surface area contributed by atoms with E-state index in [4.69, 9.17) is 4.74 Å². The summed E-state index contributed by atoms with van der Waals surface area (Å²) in [4.78, 5) is 30.3. The van der Waals surface area contributed by atoms with E-state index in [9.17, 15) is 9.59 Å². The molecule has 152 valence electrons. The van der Waals surface area contributed by atoms with E-state index in [1.54, 1.807) is 31.4 Å². The van der Waals surface area contributed by atoms with Gasteiger partial charge in [-0.15, -0.1) is 0 Å². The molecule has 29 heavy (non-hydrogen) atoms. The quantitative estimate of drug-likeness (QED) is 0.848. The van der Waals surface area contributed by atoms with Gasteiger partial charge in [-0.25, -0.2) is 0 Å². The Kier molecular flexibility index (Phi) is 5.43. The standard InChI is InChI=1S/C23H27N3O3/c1-3-25-19-15-16(22(27)24-18-9-6-7-10-20(18)29-2)12-13-17(19)23(28)26-14-8-4-5-11-21(25)26/h6-7,9-10,12-13,15,21H,3-5,8,11,14H2,1-2H3,(H,24,27)/t21-/m0/s1. The third-order valence-electron chi connectivity index (χ3n) is 5.84. The van der Waals surface area contributed by atoms with E-state index >= 15 is 0 Å². The molecule has 4 rings (SSSR count). The largest absolute Gasteiger partial charge is 0.495 e. The minimum Gasteiger partial charge on any atom is -0.495 e. The molecule has 2 aromatic rings. The van der Waals surface area contributed by atoms with Gasteiger partial charge in [0.25, 0.3) is 11.8 Å². The number of hydrogen-bond donors (Lipinski definition) is 1. The van der Waals surface area contributed by atoms with Crippen LogP contribution in [0, 0.1) is 0 Å². The smallest absolute Gasteiger partial charge is 0.257 e. The molecule has 2 amide bonds. The first kappa shape index (κ1) is 19.3. The number of ether oxygens (including phenoxy) is 1. The number of benzene rings is 2. The Hall–Kier alpha value is -3.02. The number of rotatable bonds is 4. The Balaban J connectivity index is 1.66. The molecule has 2 heterocycles. The van der Waals surface area contributed by atoms with Gasteiger partial charge < -0.3 is 19.9 Å². The van der Waals surface area contributed by atoms with Crippen molar-refractivity contribution in [1.82, 2.24) is 4.90 Å². The highest BCUT2D eigenvalue weighted by atomic mass is 16.5. The zero-order valence-electron chi connectivity index (χ0n) is 17.0. The molecule has 0 aromatic heterocycles. The maximum absolute atomic E-state index is 13.1. The predicted octanol–water partition coefficient (Wildman–Crippen LogP) is 4.13. The number of nitrogens with zero attached hydrogens (tertiary/aromatic N) is 2. The summed E-state index contributed by atoms with van der Waals surface area (Å²) in [5.41, 5.74) is 2.69. The lowest BCUT2D eigenvalue weighted by Crippen LogP contribution is -2.55. The van der Waals surface area contributed by atoms with Gasteiger partial charge in [-0.2, -0.15) is 0 Å². The normalized spacial score (nSPS) is 18.6. The van der Waals surface area contributed by atoms with E-state index in [-0.39, 0.29) is 18.0 Å². The van der Waals surface area contributed by atoms with Crippen LogP contribution in [0.15, 0.2) is 42.5 Å². The highest BCUT2D eigenvalue weighted by Crippen LogP contribution is 2.35. The SMILES string of the molecule is CCN1c2cc(C(=O)Nc3ccccc3OC)ccc2C(=O)N2CCCCC[C@H]21. The lowest BCUT2D eigenvalue weighted by atomic mass is 10.0. The van der Waals surface area contributed by atoms with Crippen molar-refractivity contribution >= 4 is 23.2 Å². The van der Waals surface area contributed by atoms with Crippen molar-refractivity contribution in [2.24, 2.45) is 0 Å². The Morgan fingerprint density at radius 2 is 2.00 bits per heavy atom. The molecule has 0 bridgehead atoms. The fraction of sp³-hybridized carbons (Fsp3) is 0.391. The van der Waals surface area contributed by atoms with E-state index in [0.29, 0.717) is 22.6 Å². The summed E-state index contributed by atoms with van der Waals surface area (Å²) in [6, 6.07) is 12.7. The van der Waals surface area contributed by atoms with Gasteiger partial charge >= 0.3 is 0 Å². The molecule has 1 fully saturated rings. The van der Waals surface area contributed by atoms with E-state index in [0.717, 1.165) is 44.5 Å². The van der Waals surface area contributed by atoms with Crippen molar-refractivity contribution in [3.05, 3.63) is 53.6 Å². The fourth-order valence-electron chi connectivity index (χ4n) is 4.38. The summed E-state index contributed by atoms with van der Waals surface area (Å²) in [7, 11) is 1.58. The molecule has 0 spiro atoms. The average Bonchev–Trinajstić information content (AvgIpc) is 3.00. The zero-order chi connectivity index (χ0) is 20.4. The van der Waals surface area contributed by atoms with Crippen LogP contribution in [0.5, 0.6) is 5.75 Å². The van der Waals surface area contributed by atoms with Crippen molar-refractivity contribution in [2.45, 2.75) is 38.8 Å². The van der Waals surface area contributed by atoms with Gasteiger partial charge in [0, 0.05) is 18.7 Å². The van der Waals surface area contributed by atoms with Crippen LogP contribution >= 0.6 is 0 Å². The van der Waals surface area contributed by atoms with Crippen LogP contribution in [-0.2, 0) is 0 Å². The number of fused-ring (bicyclic) bond motifs is 2. The van der Waals surface area contributed by atoms with E-state index < -0.39 is 0 Å². The van der Waals surface area contributed by atoms with Crippen molar-refractivity contribution in [2.75, 3.05) is 30.4 Å². The van der Waals surface area contributed by atoms with Crippen LogP contribution < -0.4 is 15.0 Å². The van der Waals surface area contributed by atoms with Gasteiger partial charge in [-0.3, -0.25) is 9.59 Å². The number of nitrogens with one attached hydrogen (secondary N) is 1. The van der Waals surface area contributed by atoms with E-state index in [1.807, 2.05) is 23.1 Å². The second kappa shape index (κ2) is 8.15. The molecule has 2 aliphatic rings. The average molecular weight is 393 g/mol. The molecule has 0 radical (unpaired) electrons. The topological polar surface area (TPSA) is 61.9 Å². The van der Waals surface area contributed by atoms with Gasteiger partial charge in [-0.1, -0.05) is 18.6 Å². The van der Waals surface area contributed by atoms with Gasteiger partial charge in [0.2, 0.25) is 0 Å². The van der Waals surface area contributed by atoms with Gasteiger partial charge in [0.1, 0.15) is 11.9 Å². The van der Waals surface area contributed by atoms with Crippen LogP contribution in [0.2, 0.25) is 0 Å². The van der Waals surface area contributed by atoms with Crippen LogP contribution in [0.4, 0.5) is 11.4 Å². The number of amides is 2. The molecule has 0 aliphatic carbocycles. The van der Waals surface area contributed by atoms with Gasteiger partial charge in [0.15, 0.2) is 0 Å². The third-order valence-corrected chi connectivity index (χ3v) is 5.84. The van der Waals surface area contributed by atoms with Crippen LogP contribution in [0.3, 0.4) is 0 Å². The Bertz CT molecular complexity index is 927. The Labute approximate surface area is 171 Å². The summed E-state index contributed by atoms with van der Waals surface area (Å²) in [5, 5.41) is 2.92. The highest BCUT2D eigenvalue weighted by molar-refractivity contribution is 6.08. The maximum Gasteiger partial charge on any atom is 0.257 e. The van der Waals surface area contributed by atoms with Crippen molar-refractivity contribution in [1.29, 1.82) is 0 Å². The Morgan fingerprint density at radius 1 is 1.17 bits per heavy atom. The van der Waals surface area contributed by atoms with E-state index in [2.05, 4.69) is 17.1 Å². The third kappa shape index (κ3) is 3.55. The lowest BCUT2D eigenvalue weighted by Gasteiger charge is -2.44. The first-order valence-electron chi connectivity index (χ1n) is 10.3. The maximum atomic E-state index is 13.1. The molecular formula is C23H27N3O3. The minimum absolute atomic E-state index is 0.0771. The summed E-state index contributed by atoms with van der Waals surface area (Å²) in [6.07, 6.45) is 4.37. The van der Waals surface area contributed by atoms with Crippen LogP contribution in [0.25, 0.3) is 0 Å². The fourth-order valence-corrected chi connectivity index (χ4v) is 4.38. The molecule has 6 nitrogen and oxygen atoms in total. The second-order valence-corrected chi connectivity index (χ2v) is 7.50. The van der Waals surface area contributed by atoms with Gasteiger partial charge in [0.05, 0.1) is 24.0 Å². The molecule has 2 aromatic carbocycles. The summed E-state index contributed by atoms with van der Waals surface area (Å²) in [5.74, 6) is 0.468. The summed E-state index contributed by atoms with van der Waals surface area (Å²) < 4.78 is 5.32. The number of anilines is 2. The molecular weight excluding hydrogens is 366 g/mol. The molecule has 0 unspecified atom stereocenters. The number of carbonyl (C=O) groups is 2. The monoisotopic (exact) mass is 393 g/mol. The van der Waals surface area contributed by atoms with Crippen molar-refractivity contribution < 1.29 is 14.3 Å². The van der Waals surface area contributed by atoms with Crippen molar-refractivity contribution in [3.63, 3.8) is 0 Å². The summed E-state index contributed by atoms with van der Waals surface area (Å²) in [6.45, 7) is 3.69. The first-order valence-corrected chi connectivity index (χ1v) is 10.3. The molecule has 6 heteroatoms. The number of carbonyl (C=O) groups excluding carboxylic acids is 2. The molecule has 1 N–H and O–H groups in total. The summed E-state index contributed by atoms with van der Waals surface area (Å²) >= 11 is 0. The number of para-hydroxylation sites is 2. The predicted molar refractivity (Wildman–Crippen MR) is 114 cm³/mol.